The zero-order chi connectivity index (χ0) is 19.5. The van der Waals surface area contributed by atoms with E-state index in [4.69, 9.17) is 9.15 Å². The Morgan fingerprint density at radius 3 is 2.63 bits per heavy atom. The summed E-state index contributed by atoms with van der Waals surface area (Å²) in [5, 5.41) is 10.9. The van der Waals surface area contributed by atoms with Gasteiger partial charge in [0, 0.05) is 24.9 Å². The van der Waals surface area contributed by atoms with Gasteiger partial charge in [0.2, 0.25) is 17.7 Å². The number of nitrogens with one attached hydrogen (secondary N) is 1. The fraction of sp³-hybridized carbons (Fsp3) is 0.571. The molecule has 1 N–H and O–H groups in total. The molecule has 1 saturated heterocycles. The lowest BCUT2D eigenvalue weighted by Gasteiger charge is -2.45. The van der Waals surface area contributed by atoms with Crippen LogP contribution in [0.25, 0.3) is 0 Å². The number of rotatable bonds is 6. The van der Waals surface area contributed by atoms with Crippen LogP contribution in [-0.2, 0) is 27.9 Å². The first-order chi connectivity index (χ1) is 12.8. The van der Waals surface area contributed by atoms with Gasteiger partial charge in [0.1, 0.15) is 0 Å². The summed E-state index contributed by atoms with van der Waals surface area (Å²) in [6, 6.07) is 8.35. The topological polar surface area (TPSA) is 77.2 Å². The smallest absolute Gasteiger partial charge is 0.235 e. The Hall–Kier alpha value is -2.21. The molecular weight excluding hydrogens is 342 g/mol. The standard InChI is InChI=1S/C21H29N3O3/c1-5-18-23-24-19(27-18)13-22-17(25)12-21(10-11-26-20(3,4)14-21)16-9-7-6-8-15(16)2/h6-9H,5,10-14H2,1-4H3,(H,22,25)/t21-/m0/s1. The van der Waals surface area contributed by atoms with Crippen LogP contribution >= 0.6 is 0 Å². The minimum absolute atomic E-state index is 0.00722. The summed E-state index contributed by atoms with van der Waals surface area (Å²) in [4.78, 5) is 12.8. The molecule has 3 rings (SSSR count). The lowest BCUT2D eigenvalue weighted by atomic mass is 9.66. The molecule has 27 heavy (non-hydrogen) atoms. The number of ether oxygens (including phenoxy) is 1. The number of carbonyl (C=O) groups is 1. The third kappa shape index (κ3) is 4.56. The summed E-state index contributed by atoms with van der Waals surface area (Å²) in [7, 11) is 0. The van der Waals surface area contributed by atoms with E-state index < -0.39 is 0 Å². The van der Waals surface area contributed by atoms with Crippen LogP contribution in [-0.4, -0.2) is 28.3 Å². The number of aromatic nitrogens is 2. The largest absolute Gasteiger partial charge is 0.423 e. The van der Waals surface area contributed by atoms with Crippen LogP contribution in [0.1, 0.15) is 62.9 Å². The van der Waals surface area contributed by atoms with Gasteiger partial charge in [-0.25, -0.2) is 0 Å². The van der Waals surface area contributed by atoms with Crippen LogP contribution in [0.4, 0.5) is 0 Å². The molecule has 6 nitrogen and oxygen atoms in total. The first kappa shape index (κ1) is 19.5. The van der Waals surface area contributed by atoms with E-state index in [1.165, 1.54) is 11.1 Å². The molecule has 2 heterocycles. The van der Waals surface area contributed by atoms with E-state index in [2.05, 4.69) is 54.5 Å². The van der Waals surface area contributed by atoms with Gasteiger partial charge in [0.25, 0.3) is 0 Å². The molecule has 1 aliphatic rings. The Morgan fingerprint density at radius 1 is 1.22 bits per heavy atom. The quantitative estimate of drug-likeness (QED) is 0.841. The summed E-state index contributed by atoms with van der Waals surface area (Å²) >= 11 is 0. The second-order valence-corrected chi connectivity index (χ2v) is 8.03. The van der Waals surface area contributed by atoms with E-state index in [0.29, 0.717) is 31.2 Å². The predicted octanol–water partition coefficient (Wildman–Crippen LogP) is 3.47. The van der Waals surface area contributed by atoms with Crippen LogP contribution < -0.4 is 5.32 Å². The molecular formula is C21H29N3O3. The lowest BCUT2D eigenvalue weighted by Crippen LogP contribution is -2.46. The monoisotopic (exact) mass is 371 g/mol. The Balaban J connectivity index is 1.77. The highest BCUT2D eigenvalue weighted by Crippen LogP contribution is 2.45. The molecule has 1 fully saturated rings. The van der Waals surface area contributed by atoms with E-state index in [-0.39, 0.29) is 23.5 Å². The molecule has 146 valence electrons. The van der Waals surface area contributed by atoms with Crippen LogP contribution in [0.3, 0.4) is 0 Å². The number of amides is 1. The van der Waals surface area contributed by atoms with Crippen molar-refractivity contribution in [2.24, 2.45) is 0 Å². The van der Waals surface area contributed by atoms with Crippen molar-refractivity contribution in [3.05, 3.63) is 47.2 Å². The summed E-state index contributed by atoms with van der Waals surface area (Å²) in [5.41, 5.74) is 1.96. The van der Waals surface area contributed by atoms with Crippen molar-refractivity contribution >= 4 is 5.91 Å². The second kappa shape index (κ2) is 7.80. The molecule has 0 unspecified atom stereocenters. The predicted molar refractivity (Wildman–Crippen MR) is 102 cm³/mol. The summed E-state index contributed by atoms with van der Waals surface area (Å²) < 4.78 is 11.4. The Bertz CT molecular complexity index is 799. The highest BCUT2D eigenvalue weighted by Gasteiger charge is 2.44. The van der Waals surface area contributed by atoms with Gasteiger partial charge in [-0.05, 0) is 44.7 Å². The molecule has 1 aromatic heterocycles. The van der Waals surface area contributed by atoms with Gasteiger partial charge in [0.15, 0.2) is 0 Å². The van der Waals surface area contributed by atoms with E-state index in [1.807, 2.05) is 13.0 Å². The van der Waals surface area contributed by atoms with Crippen molar-refractivity contribution in [2.45, 2.75) is 70.9 Å². The fourth-order valence-electron chi connectivity index (χ4n) is 4.17. The molecule has 0 saturated carbocycles. The number of hydrogen-bond acceptors (Lipinski definition) is 5. The fourth-order valence-corrected chi connectivity index (χ4v) is 4.17. The molecule has 1 aromatic carbocycles. The van der Waals surface area contributed by atoms with Gasteiger partial charge in [-0.15, -0.1) is 10.2 Å². The van der Waals surface area contributed by atoms with E-state index in [9.17, 15) is 4.79 Å². The first-order valence-corrected chi connectivity index (χ1v) is 9.62. The molecule has 1 atom stereocenters. The van der Waals surface area contributed by atoms with Gasteiger partial charge in [-0.2, -0.15) is 0 Å². The van der Waals surface area contributed by atoms with Crippen LogP contribution in [0, 0.1) is 6.92 Å². The van der Waals surface area contributed by atoms with Crippen molar-refractivity contribution in [1.82, 2.24) is 15.5 Å². The maximum absolute atomic E-state index is 12.8. The number of carbonyl (C=O) groups excluding carboxylic acids is 1. The highest BCUT2D eigenvalue weighted by molar-refractivity contribution is 5.77. The van der Waals surface area contributed by atoms with Gasteiger partial charge < -0.3 is 14.5 Å². The van der Waals surface area contributed by atoms with Crippen molar-refractivity contribution in [3.63, 3.8) is 0 Å². The number of hydrogen-bond donors (Lipinski definition) is 1. The van der Waals surface area contributed by atoms with Crippen LogP contribution in [0.2, 0.25) is 0 Å². The molecule has 2 aromatic rings. The minimum atomic E-state index is -0.261. The molecule has 0 radical (unpaired) electrons. The normalized spacial score (nSPS) is 21.8. The second-order valence-electron chi connectivity index (χ2n) is 8.03. The molecule has 1 aliphatic heterocycles. The van der Waals surface area contributed by atoms with E-state index in [1.54, 1.807) is 0 Å². The molecule has 0 spiro atoms. The van der Waals surface area contributed by atoms with Crippen molar-refractivity contribution in [3.8, 4) is 0 Å². The lowest BCUT2D eigenvalue weighted by molar-refractivity contribution is -0.127. The van der Waals surface area contributed by atoms with Crippen molar-refractivity contribution in [2.75, 3.05) is 6.61 Å². The highest BCUT2D eigenvalue weighted by atomic mass is 16.5. The number of nitrogens with zero attached hydrogens (tertiary/aromatic N) is 2. The zero-order valence-corrected chi connectivity index (χ0v) is 16.7. The third-order valence-electron chi connectivity index (χ3n) is 5.30. The van der Waals surface area contributed by atoms with Gasteiger partial charge in [-0.3, -0.25) is 4.79 Å². The van der Waals surface area contributed by atoms with E-state index in [0.717, 1.165) is 12.8 Å². The van der Waals surface area contributed by atoms with Gasteiger partial charge >= 0.3 is 0 Å². The zero-order valence-electron chi connectivity index (χ0n) is 16.7. The van der Waals surface area contributed by atoms with E-state index >= 15 is 0 Å². The number of benzene rings is 1. The van der Waals surface area contributed by atoms with Gasteiger partial charge in [-0.1, -0.05) is 31.2 Å². The average Bonchev–Trinajstić information content (AvgIpc) is 3.07. The molecule has 6 heteroatoms. The molecule has 0 aliphatic carbocycles. The summed E-state index contributed by atoms with van der Waals surface area (Å²) in [6.07, 6.45) is 2.74. The van der Waals surface area contributed by atoms with Crippen molar-refractivity contribution < 1.29 is 13.9 Å². The third-order valence-corrected chi connectivity index (χ3v) is 5.30. The molecule has 1 amide bonds. The first-order valence-electron chi connectivity index (χ1n) is 9.62. The maximum atomic E-state index is 12.8. The SMILES string of the molecule is CCc1nnc(CNC(=O)C[C@@]2(c3ccccc3C)CCOC(C)(C)C2)o1. The van der Waals surface area contributed by atoms with Gasteiger partial charge in [0.05, 0.1) is 12.1 Å². The Morgan fingerprint density at radius 2 is 1.96 bits per heavy atom. The molecule has 0 bridgehead atoms. The maximum Gasteiger partial charge on any atom is 0.235 e. The summed E-state index contributed by atoms with van der Waals surface area (Å²) in [5.74, 6) is 1.02. The number of aryl methyl sites for hydroxylation is 2. The minimum Gasteiger partial charge on any atom is -0.423 e. The van der Waals surface area contributed by atoms with Crippen molar-refractivity contribution in [1.29, 1.82) is 0 Å². The van der Waals surface area contributed by atoms with Crippen LogP contribution in [0.5, 0.6) is 0 Å². The average molecular weight is 371 g/mol. The summed E-state index contributed by atoms with van der Waals surface area (Å²) in [6.45, 7) is 9.17. The van der Waals surface area contributed by atoms with Crippen LogP contribution in [0.15, 0.2) is 28.7 Å². The Labute approximate surface area is 160 Å². The Kier molecular flexibility index (Phi) is 5.65.